The summed E-state index contributed by atoms with van der Waals surface area (Å²) in [5.74, 6) is 0.0657. The summed E-state index contributed by atoms with van der Waals surface area (Å²) in [5.41, 5.74) is 4.86. The summed E-state index contributed by atoms with van der Waals surface area (Å²) in [7, 11) is -3.26. The molecule has 0 aliphatic heterocycles. The maximum absolute atomic E-state index is 11.7. The fourth-order valence-electron chi connectivity index (χ4n) is 2.09. The lowest BCUT2D eigenvalue weighted by Crippen LogP contribution is -2.16. The van der Waals surface area contributed by atoms with Crippen LogP contribution in [-0.4, -0.2) is 24.1 Å². The maximum Gasteiger partial charge on any atom is 0.232 e. The summed E-state index contributed by atoms with van der Waals surface area (Å²) < 4.78 is 26.0. The first-order valence-electron chi connectivity index (χ1n) is 6.49. The number of hydrogen-bond donors (Lipinski definition) is 2. The normalized spacial score (nSPS) is 11.6. The minimum atomic E-state index is -3.26. The van der Waals surface area contributed by atoms with Crippen LogP contribution in [0.15, 0.2) is 24.7 Å². The van der Waals surface area contributed by atoms with Gasteiger partial charge in [0.1, 0.15) is 0 Å². The van der Waals surface area contributed by atoms with Gasteiger partial charge in [0.05, 0.1) is 17.8 Å². The largest absolute Gasteiger partial charge is 0.348 e. The zero-order valence-electron chi connectivity index (χ0n) is 11.9. The maximum atomic E-state index is 11.7. The summed E-state index contributed by atoms with van der Waals surface area (Å²) >= 11 is 0. The highest BCUT2D eigenvalue weighted by atomic mass is 32.2. The Bertz CT molecular complexity index is 691. The molecule has 1 heterocycles. The number of H-pyrrole nitrogens is 1. The Morgan fingerprint density at radius 1 is 1.30 bits per heavy atom. The Kier molecular flexibility index (Phi) is 4.13. The number of rotatable bonds is 5. The van der Waals surface area contributed by atoms with E-state index in [-0.39, 0.29) is 5.75 Å². The van der Waals surface area contributed by atoms with Gasteiger partial charge in [-0.3, -0.25) is 4.72 Å². The molecule has 5 nitrogen and oxygen atoms in total. The van der Waals surface area contributed by atoms with Gasteiger partial charge >= 0.3 is 0 Å². The highest BCUT2D eigenvalue weighted by molar-refractivity contribution is 7.92. The van der Waals surface area contributed by atoms with Crippen molar-refractivity contribution >= 4 is 15.7 Å². The van der Waals surface area contributed by atoms with Crippen molar-refractivity contribution in [2.75, 3.05) is 10.5 Å². The minimum absolute atomic E-state index is 0.0657. The average molecular weight is 293 g/mol. The molecule has 0 bridgehead atoms. The van der Waals surface area contributed by atoms with E-state index in [9.17, 15) is 8.42 Å². The molecule has 0 radical (unpaired) electrons. The van der Waals surface area contributed by atoms with Gasteiger partial charge < -0.3 is 4.98 Å². The molecule has 2 rings (SSSR count). The second kappa shape index (κ2) is 5.66. The highest BCUT2D eigenvalue weighted by Gasteiger charge is 2.13. The smallest absolute Gasteiger partial charge is 0.232 e. The molecule has 6 heteroatoms. The number of aromatic nitrogens is 2. The van der Waals surface area contributed by atoms with Gasteiger partial charge in [-0.15, -0.1) is 0 Å². The monoisotopic (exact) mass is 293 g/mol. The average Bonchev–Trinajstić information content (AvgIpc) is 2.91. The zero-order chi connectivity index (χ0) is 14.8. The van der Waals surface area contributed by atoms with Crippen molar-refractivity contribution in [1.82, 2.24) is 9.97 Å². The van der Waals surface area contributed by atoms with E-state index in [1.54, 1.807) is 19.4 Å². The molecule has 1 aromatic heterocycles. The van der Waals surface area contributed by atoms with E-state index in [0.717, 1.165) is 22.4 Å². The molecule has 1 aromatic carbocycles. The van der Waals surface area contributed by atoms with E-state index in [4.69, 9.17) is 0 Å². The quantitative estimate of drug-likeness (QED) is 0.888. The van der Waals surface area contributed by atoms with Crippen LogP contribution in [0.3, 0.4) is 0 Å². The van der Waals surface area contributed by atoms with E-state index in [0.29, 0.717) is 12.1 Å². The molecule has 2 N–H and O–H groups in total. The molecule has 0 aliphatic rings. The van der Waals surface area contributed by atoms with Crippen molar-refractivity contribution in [3.05, 3.63) is 47.0 Å². The van der Waals surface area contributed by atoms with Crippen LogP contribution in [0, 0.1) is 13.8 Å². The molecule has 0 fully saturated rings. The molecule has 0 atom stereocenters. The number of imidazole rings is 1. The predicted octanol–water partition coefficient (Wildman–Crippen LogP) is 2.38. The van der Waals surface area contributed by atoms with E-state index < -0.39 is 10.0 Å². The summed E-state index contributed by atoms with van der Waals surface area (Å²) in [5, 5.41) is 0. The third-order valence-corrected chi connectivity index (χ3v) is 4.69. The number of benzene rings is 1. The third kappa shape index (κ3) is 3.19. The van der Waals surface area contributed by atoms with Crippen molar-refractivity contribution < 1.29 is 8.42 Å². The van der Waals surface area contributed by atoms with Crippen LogP contribution in [0.2, 0.25) is 0 Å². The Morgan fingerprint density at radius 3 is 2.65 bits per heavy atom. The first kappa shape index (κ1) is 14.6. The number of sulfonamides is 1. The van der Waals surface area contributed by atoms with Crippen LogP contribution in [0.1, 0.15) is 29.3 Å². The van der Waals surface area contributed by atoms with Crippen LogP contribution in [0.5, 0.6) is 0 Å². The molecule has 0 unspecified atom stereocenters. The zero-order valence-corrected chi connectivity index (χ0v) is 12.7. The van der Waals surface area contributed by atoms with Crippen LogP contribution >= 0.6 is 0 Å². The molecule has 0 saturated carbocycles. The van der Waals surface area contributed by atoms with Crippen LogP contribution in [-0.2, 0) is 16.4 Å². The second-order valence-electron chi connectivity index (χ2n) is 4.79. The molecule has 0 saturated heterocycles. The number of anilines is 1. The van der Waals surface area contributed by atoms with E-state index in [2.05, 4.69) is 14.7 Å². The summed E-state index contributed by atoms with van der Waals surface area (Å²) in [6.45, 7) is 5.58. The molecule has 108 valence electrons. The summed E-state index contributed by atoms with van der Waals surface area (Å²) in [6.07, 6.45) is 4.13. The topological polar surface area (TPSA) is 74.8 Å². The van der Waals surface area contributed by atoms with Gasteiger partial charge in [0.2, 0.25) is 10.0 Å². The van der Waals surface area contributed by atoms with Crippen molar-refractivity contribution in [3.63, 3.8) is 0 Å². The second-order valence-corrected chi connectivity index (χ2v) is 6.80. The van der Waals surface area contributed by atoms with E-state index in [1.807, 2.05) is 26.0 Å². The van der Waals surface area contributed by atoms with E-state index >= 15 is 0 Å². The third-order valence-electron chi connectivity index (χ3n) is 3.40. The predicted molar refractivity (Wildman–Crippen MR) is 80.4 cm³/mol. The van der Waals surface area contributed by atoms with Crippen LogP contribution in [0.25, 0.3) is 0 Å². The summed E-state index contributed by atoms with van der Waals surface area (Å²) in [6, 6.07) is 3.75. The van der Waals surface area contributed by atoms with Crippen molar-refractivity contribution in [2.24, 2.45) is 0 Å². The van der Waals surface area contributed by atoms with Crippen molar-refractivity contribution in [3.8, 4) is 0 Å². The number of nitrogens with one attached hydrogen (secondary N) is 2. The number of nitrogens with zero attached hydrogens (tertiary/aromatic N) is 1. The molecule has 0 spiro atoms. The fraction of sp³-hybridized carbons (Fsp3) is 0.357. The molecular weight excluding hydrogens is 274 g/mol. The van der Waals surface area contributed by atoms with Crippen molar-refractivity contribution in [2.45, 2.75) is 27.2 Å². The van der Waals surface area contributed by atoms with Crippen LogP contribution in [0.4, 0.5) is 5.69 Å². The molecule has 0 amide bonds. The Balaban J connectivity index is 2.37. The van der Waals surface area contributed by atoms with Gasteiger partial charge in [0, 0.05) is 18.3 Å². The fourth-order valence-corrected chi connectivity index (χ4v) is 2.79. The van der Waals surface area contributed by atoms with Gasteiger partial charge in [0.25, 0.3) is 0 Å². The Morgan fingerprint density at radius 2 is 2.05 bits per heavy atom. The molecule has 2 aromatic rings. The molecule has 20 heavy (non-hydrogen) atoms. The first-order valence-corrected chi connectivity index (χ1v) is 8.15. The Labute approximate surface area is 119 Å². The standard InChI is InChI=1S/C14H19N3O2S/c1-4-20(18,19)17-14-6-5-10(2)13(11(14)3)7-12-8-15-9-16-12/h5-6,8-9,17H,4,7H2,1-3H3,(H,15,16). The SMILES string of the molecule is CCS(=O)(=O)Nc1ccc(C)c(Cc2cnc[nH]2)c1C. The Hall–Kier alpha value is -1.82. The first-order chi connectivity index (χ1) is 9.43. The van der Waals surface area contributed by atoms with Gasteiger partial charge in [-0.1, -0.05) is 6.07 Å². The lowest BCUT2D eigenvalue weighted by atomic mass is 9.97. The lowest BCUT2D eigenvalue weighted by Gasteiger charge is -2.15. The minimum Gasteiger partial charge on any atom is -0.348 e. The molecule has 0 aliphatic carbocycles. The summed E-state index contributed by atoms with van der Waals surface area (Å²) in [4.78, 5) is 7.07. The molecular formula is C14H19N3O2S. The van der Waals surface area contributed by atoms with Crippen LogP contribution < -0.4 is 4.72 Å². The van der Waals surface area contributed by atoms with Crippen molar-refractivity contribution in [1.29, 1.82) is 0 Å². The van der Waals surface area contributed by atoms with Gasteiger partial charge in [-0.25, -0.2) is 13.4 Å². The van der Waals surface area contributed by atoms with Gasteiger partial charge in [0.15, 0.2) is 0 Å². The van der Waals surface area contributed by atoms with Gasteiger partial charge in [-0.05, 0) is 43.5 Å². The van der Waals surface area contributed by atoms with Gasteiger partial charge in [-0.2, -0.15) is 0 Å². The number of hydrogen-bond acceptors (Lipinski definition) is 3. The number of aromatic amines is 1. The van der Waals surface area contributed by atoms with E-state index in [1.165, 1.54) is 0 Å². The number of aryl methyl sites for hydroxylation is 1. The lowest BCUT2D eigenvalue weighted by molar-refractivity contribution is 0.602. The highest BCUT2D eigenvalue weighted by Crippen LogP contribution is 2.25.